The molecule has 2 amide bonds. The minimum Gasteiger partial charge on any atom is -0.452 e. The topological polar surface area (TPSA) is 91.5 Å². The van der Waals surface area contributed by atoms with E-state index in [0.29, 0.717) is 22.7 Å². The van der Waals surface area contributed by atoms with Gasteiger partial charge in [-0.3, -0.25) is 9.59 Å². The molecule has 32 heavy (non-hydrogen) atoms. The van der Waals surface area contributed by atoms with Crippen molar-refractivity contribution in [2.24, 2.45) is 5.92 Å². The van der Waals surface area contributed by atoms with Crippen molar-refractivity contribution in [3.63, 3.8) is 0 Å². The van der Waals surface area contributed by atoms with E-state index in [1.807, 2.05) is 12.1 Å². The largest absolute Gasteiger partial charge is 0.452 e. The number of fused-ring (bicyclic) bond motifs is 3. The highest BCUT2D eigenvalue weighted by Gasteiger charge is 2.21. The second-order valence-electron chi connectivity index (χ2n) is 8.59. The molecule has 2 N–H and O–H groups in total. The smallest absolute Gasteiger partial charge is 0.338 e. The molecule has 1 atom stereocenters. The first kappa shape index (κ1) is 21.6. The third-order valence-electron chi connectivity index (χ3n) is 5.83. The van der Waals surface area contributed by atoms with Gasteiger partial charge in [-0.05, 0) is 73.2 Å². The Hall–Kier alpha value is -3.61. The van der Waals surface area contributed by atoms with Crippen LogP contribution in [0.25, 0.3) is 10.9 Å². The molecule has 1 aliphatic carbocycles. The Bertz CT molecular complexity index is 1180. The fourth-order valence-corrected chi connectivity index (χ4v) is 4.08. The van der Waals surface area contributed by atoms with Crippen LogP contribution in [0, 0.1) is 5.92 Å². The lowest BCUT2D eigenvalue weighted by Gasteiger charge is -2.18. The Morgan fingerprint density at radius 2 is 1.81 bits per heavy atom. The molecular formula is C25H27N3O4. The molecule has 2 aromatic carbocycles. The summed E-state index contributed by atoms with van der Waals surface area (Å²) in [6.07, 6.45) is 3.18. The summed E-state index contributed by atoms with van der Waals surface area (Å²) < 4.78 is 5.22. The SMILES string of the molecule is CC1CCc2[nH]c3ccc(C(=O)OCC(=O)Nc4ccc(C(=O)N(C)C)cc4)cc3c2C1. The van der Waals surface area contributed by atoms with Crippen molar-refractivity contribution >= 4 is 34.4 Å². The molecule has 1 unspecified atom stereocenters. The second-order valence-corrected chi connectivity index (χ2v) is 8.59. The van der Waals surface area contributed by atoms with Crippen LogP contribution in [0.1, 0.15) is 45.3 Å². The van der Waals surface area contributed by atoms with Gasteiger partial charge in [0.05, 0.1) is 5.56 Å². The molecule has 0 bridgehead atoms. The van der Waals surface area contributed by atoms with Gasteiger partial charge in [0, 0.05) is 41.9 Å². The molecule has 1 heterocycles. The maximum Gasteiger partial charge on any atom is 0.338 e. The summed E-state index contributed by atoms with van der Waals surface area (Å²) in [5.74, 6) is -0.477. The highest BCUT2D eigenvalue weighted by atomic mass is 16.5. The zero-order valence-corrected chi connectivity index (χ0v) is 18.5. The van der Waals surface area contributed by atoms with Crippen LogP contribution in [0.15, 0.2) is 42.5 Å². The number of esters is 1. The highest BCUT2D eigenvalue weighted by Crippen LogP contribution is 2.32. The number of hydrogen-bond acceptors (Lipinski definition) is 4. The van der Waals surface area contributed by atoms with Gasteiger partial charge in [-0.25, -0.2) is 4.79 Å². The van der Waals surface area contributed by atoms with E-state index < -0.39 is 18.5 Å². The van der Waals surface area contributed by atoms with Crippen LogP contribution in [0.5, 0.6) is 0 Å². The Morgan fingerprint density at radius 1 is 1.09 bits per heavy atom. The number of aryl methyl sites for hydroxylation is 1. The highest BCUT2D eigenvalue weighted by molar-refractivity contribution is 5.99. The van der Waals surface area contributed by atoms with Gasteiger partial charge in [0.1, 0.15) is 0 Å². The van der Waals surface area contributed by atoms with Gasteiger partial charge in [0.25, 0.3) is 11.8 Å². The normalized spacial score (nSPS) is 15.2. The van der Waals surface area contributed by atoms with Crippen LogP contribution in [0.4, 0.5) is 5.69 Å². The molecule has 1 aliphatic rings. The summed E-state index contributed by atoms with van der Waals surface area (Å²) in [5.41, 5.74) is 5.03. The van der Waals surface area contributed by atoms with E-state index in [0.717, 1.165) is 23.7 Å². The average molecular weight is 434 g/mol. The maximum absolute atomic E-state index is 12.5. The van der Waals surface area contributed by atoms with Crippen LogP contribution >= 0.6 is 0 Å². The Kier molecular flexibility index (Phi) is 5.99. The van der Waals surface area contributed by atoms with Gasteiger partial charge in [0.2, 0.25) is 0 Å². The van der Waals surface area contributed by atoms with Crippen LogP contribution < -0.4 is 5.32 Å². The third kappa shape index (κ3) is 4.51. The van der Waals surface area contributed by atoms with Crippen LogP contribution in [0.3, 0.4) is 0 Å². The number of nitrogens with zero attached hydrogens (tertiary/aromatic N) is 1. The van der Waals surface area contributed by atoms with E-state index in [1.54, 1.807) is 44.4 Å². The number of hydrogen-bond donors (Lipinski definition) is 2. The predicted octanol–water partition coefficient (Wildman–Crippen LogP) is 3.79. The predicted molar refractivity (Wildman–Crippen MR) is 123 cm³/mol. The molecule has 166 valence electrons. The Balaban J connectivity index is 1.37. The fraction of sp³-hybridized carbons (Fsp3) is 0.320. The monoisotopic (exact) mass is 433 g/mol. The van der Waals surface area contributed by atoms with E-state index >= 15 is 0 Å². The van der Waals surface area contributed by atoms with Crippen molar-refractivity contribution in [2.45, 2.75) is 26.2 Å². The van der Waals surface area contributed by atoms with Crippen molar-refractivity contribution in [1.82, 2.24) is 9.88 Å². The number of H-pyrrole nitrogens is 1. The van der Waals surface area contributed by atoms with E-state index in [1.165, 1.54) is 22.6 Å². The summed E-state index contributed by atoms with van der Waals surface area (Å²) in [6.45, 7) is 1.85. The molecule has 0 spiro atoms. The van der Waals surface area contributed by atoms with Crippen molar-refractivity contribution in [2.75, 3.05) is 26.0 Å². The minimum atomic E-state index is -0.534. The first-order valence-electron chi connectivity index (χ1n) is 10.7. The van der Waals surface area contributed by atoms with E-state index in [-0.39, 0.29) is 5.91 Å². The van der Waals surface area contributed by atoms with E-state index in [2.05, 4.69) is 17.2 Å². The minimum absolute atomic E-state index is 0.119. The Labute approximate surface area is 186 Å². The number of anilines is 1. The summed E-state index contributed by atoms with van der Waals surface area (Å²) >= 11 is 0. The number of carbonyl (C=O) groups is 3. The molecule has 0 saturated carbocycles. The molecule has 4 rings (SSSR count). The molecule has 3 aromatic rings. The zero-order chi connectivity index (χ0) is 22.8. The van der Waals surface area contributed by atoms with E-state index in [9.17, 15) is 14.4 Å². The molecule has 7 nitrogen and oxygen atoms in total. The Morgan fingerprint density at radius 3 is 2.53 bits per heavy atom. The van der Waals surface area contributed by atoms with Crippen molar-refractivity contribution in [3.8, 4) is 0 Å². The van der Waals surface area contributed by atoms with Gasteiger partial charge >= 0.3 is 5.97 Å². The lowest BCUT2D eigenvalue weighted by Crippen LogP contribution is -2.22. The third-order valence-corrected chi connectivity index (χ3v) is 5.83. The van der Waals surface area contributed by atoms with Crippen molar-refractivity contribution in [3.05, 3.63) is 64.8 Å². The van der Waals surface area contributed by atoms with Crippen molar-refractivity contribution in [1.29, 1.82) is 0 Å². The second kappa shape index (κ2) is 8.86. The van der Waals surface area contributed by atoms with Gasteiger partial charge in [0.15, 0.2) is 6.61 Å². The van der Waals surface area contributed by atoms with Crippen LogP contribution in [-0.2, 0) is 22.4 Å². The molecule has 7 heteroatoms. The number of amides is 2. The average Bonchev–Trinajstić information content (AvgIpc) is 3.14. The standard InChI is InChI=1S/C25H27N3O4/c1-15-4-10-21-19(12-15)20-13-17(7-11-22(20)27-21)25(31)32-14-23(29)26-18-8-5-16(6-9-18)24(30)28(2)3/h5-9,11,13,15,27H,4,10,12,14H2,1-3H3,(H,26,29). The first-order valence-corrected chi connectivity index (χ1v) is 10.7. The summed E-state index contributed by atoms with van der Waals surface area (Å²) in [5, 5.41) is 3.72. The number of rotatable bonds is 5. The van der Waals surface area contributed by atoms with Crippen LogP contribution in [-0.4, -0.2) is 48.4 Å². The van der Waals surface area contributed by atoms with E-state index in [4.69, 9.17) is 4.74 Å². The van der Waals surface area contributed by atoms with Gasteiger partial charge in [-0.1, -0.05) is 6.92 Å². The van der Waals surface area contributed by atoms with Gasteiger partial charge in [-0.2, -0.15) is 0 Å². The molecule has 0 fully saturated rings. The molecule has 0 saturated heterocycles. The quantitative estimate of drug-likeness (QED) is 0.599. The fourth-order valence-electron chi connectivity index (χ4n) is 4.08. The molecule has 0 radical (unpaired) electrons. The number of benzene rings is 2. The van der Waals surface area contributed by atoms with Crippen LogP contribution in [0.2, 0.25) is 0 Å². The zero-order valence-electron chi connectivity index (χ0n) is 18.5. The number of carbonyl (C=O) groups excluding carboxylic acids is 3. The number of aromatic amines is 1. The number of ether oxygens (including phenoxy) is 1. The van der Waals surface area contributed by atoms with Gasteiger partial charge in [-0.15, -0.1) is 0 Å². The number of aromatic nitrogens is 1. The summed E-state index contributed by atoms with van der Waals surface area (Å²) in [6, 6.07) is 12.0. The van der Waals surface area contributed by atoms with Gasteiger partial charge < -0.3 is 19.9 Å². The summed E-state index contributed by atoms with van der Waals surface area (Å²) in [7, 11) is 3.35. The molecule has 0 aliphatic heterocycles. The lowest BCUT2D eigenvalue weighted by molar-refractivity contribution is -0.119. The number of nitrogens with one attached hydrogen (secondary N) is 2. The lowest BCUT2D eigenvalue weighted by atomic mass is 9.87. The van der Waals surface area contributed by atoms with Crippen molar-refractivity contribution < 1.29 is 19.1 Å². The molecule has 1 aromatic heterocycles. The maximum atomic E-state index is 12.5. The summed E-state index contributed by atoms with van der Waals surface area (Å²) in [4.78, 5) is 41.6. The molecular weight excluding hydrogens is 406 g/mol. The first-order chi connectivity index (χ1) is 15.3.